The van der Waals surface area contributed by atoms with Crippen LogP contribution in [-0.4, -0.2) is 34.1 Å². The standard InChI is InChI=1S/C12H18N4O/c17-11-9(6-10-14-8-15-16-10)2-4-12(11)3-1-5-13-7-12/h8-9,13H,1-7H2,(H,14,15,16). The summed E-state index contributed by atoms with van der Waals surface area (Å²) >= 11 is 0. The molecule has 1 aromatic rings. The Morgan fingerprint density at radius 3 is 3.12 bits per heavy atom. The number of aromatic nitrogens is 3. The summed E-state index contributed by atoms with van der Waals surface area (Å²) < 4.78 is 0. The molecule has 0 aromatic carbocycles. The predicted molar refractivity (Wildman–Crippen MR) is 62.4 cm³/mol. The van der Waals surface area contributed by atoms with E-state index in [1.165, 1.54) is 6.33 Å². The van der Waals surface area contributed by atoms with Gasteiger partial charge in [0.05, 0.1) is 0 Å². The lowest BCUT2D eigenvalue weighted by Crippen LogP contribution is -2.43. The van der Waals surface area contributed by atoms with Crippen molar-refractivity contribution in [1.29, 1.82) is 0 Å². The van der Waals surface area contributed by atoms with Crippen molar-refractivity contribution >= 4 is 5.78 Å². The molecule has 2 fully saturated rings. The van der Waals surface area contributed by atoms with Crippen molar-refractivity contribution in [3.05, 3.63) is 12.2 Å². The lowest BCUT2D eigenvalue weighted by Gasteiger charge is -2.32. The molecule has 1 saturated carbocycles. The van der Waals surface area contributed by atoms with Gasteiger partial charge in [0, 0.05) is 24.3 Å². The van der Waals surface area contributed by atoms with E-state index in [-0.39, 0.29) is 11.3 Å². The first-order chi connectivity index (χ1) is 8.30. The van der Waals surface area contributed by atoms with Crippen molar-refractivity contribution < 1.29 is 4.79 Å². The summed E-state index contributed by atoms with van der Waals surface area (Å²) in [5, 5.41) is 10.1. The third-order valence-corrected chi connectivity index (χ3v) is 4.24. The zero-order valence-electron chi connectivity index (χ0n) is 9.91. The highest BCUT2D eigenvalue weighted by atomic mass is 16.1. The number of hydrogen-bond acceptors (Lipinski definition) is 4. The Bertz CT molecular complexity index is 395. The summed E-state index contributed by atoms with van der Waals surface area (Å²) in [4.78, 5) is 16.6. The maximum absolute atomic E-state index is 12.5. The predicted octanol–water partition coefficient (Wildman–Crippen LogP) is 0.696. The summed E-state index contributed by atoms with van der Waals surface area (Å²) in [6.07, 6.45) is 6.46. The number of rotatable bonds is 2. The van der Waals surface area contributed by atoms with Crippen LogP contribution in [0.15, 0.2) is 6.33 Å². The lowest BCUT2D eigenvalue weighted by molar-refractivity contribution is -0.129. The Morgan fingerprint density at radius 2 is 2.41 bits per heavy atom. The van der Waals surface area contributed by atoms with Crippen molar-refractivity contribution in [3.8, 4) is 0 Å². The first-order valence-corrected chi connectivity index (χ1v) is 6.39. The molecule has 1 aromatic heterocycles. The number of ketones is 1. The SMILES string of the molecule is O=C1C(Cc2ncn[nH]2)CCC12CCCNC2. The number of nitrogens with one attached hydrogen (secondary N) is 2. The van der Waals surface area contributed by atoms with Gasteiger partial charge in [0.1, 0.15) is 17.9 Å². The van der Waals surface area contributed by atoms with E-state index in [0.29, 0.717) is 5.78 Å². The molecule has 5 heteroatoms. The highest BCUT2D eigenvalue weighted by Crippen LogP contribution is 2.43. The van der Waals surface area contributed by atoms with Gasteiger partial charge in [0.2, 0.25) is 0 Å². The molecule has 17 heavy (non-hydrogen) atoms. The third kappa shape index (κ3) is 1.88. The Labute approximate surface area is 100 Å². The summed E-state index contributed by atoms with van der Waals surface area (Å²) in [5.74, 6) is 1.42. The maximum atomic E-state index is 12.5. The van der Waals surface area contributed by atoms with Crippen LogP contribution in [0.4, 0.5) is 0 Å². The zero-order chi connectivity index (χ0) is 11.7. The molecular formula is C12H18N4O. The normalized spacial score (nSPS) is 33.4. The van der Waals surface area contributed by atoms with E-state index in [4.69, 9.17) is 0 Å². The van der Waals surface area contributed by atoms with E-state index < -0.39 is 0 Å². The van der Waals surface area contributed by atoms with E-state index in [1.807, 2.05) is 0 Å². The molecule has 1 spiro atoms. The van der Waals surface area contributed by atoms with Gasteiger partial charge in [-0.1, -0.05) is 0 Å². The van der Waals surface area contributed by atoms with E-state index in [1.54, 1.807) is 0 Å². The van der Waals surface area contributed by atoms with Crippen LogP contribution in [0, 0.1) is 11.3 Å². The molecule has 3 rings (SSSR count). The summed E-state index contributed by atoms with van der Waals surface area (Å²) in [5.41, 5.74) is -0.0665. The van der Waals surface area contributed by atoms with E-state index in [2.05, 4.69) is 20.5 Å². The molecule has 1 aliphatic carbocycles. The number of carbonyl (C=O) groups excluding carboxylic acids is 1. The van der Waals surface area contributed by atoms with Gasteiger partial charge < -0.3 is 5.32 Å². The fourth-order valence-corrected chi connectivity index (χ4v) is 3.29. The molecule has 2 N–H and O–H groups in total. The Morgan fingerprint density at radius 1 is 1.47 bits per heavy atom. The second-order valence-corrected chi connectivity index (χ2v) is 5.30. The Hall–Kier alpha value is -1.23. The van der Waals surface area contributed by atoms with Gasteiger partial charge >= 0.3 is 0 Å². The minimum atomic E-state index is -0.0665. The molecule has 1 aliphatic heterocycles. The van der Waals surface area contributed by atoms with Gasteiger partial charge in [-0.15, -0.1) is 0 Å². The van der Waals surface area contributed by atoms with Crippen LogP contribution in [0.2, 0.25) is 0 Å². The smallest absolute Gasteiger partial charge is 0.143 e. The fourth-order valence-electron chi connectivity index (χ4n) is 3.29. The van der Waals surface area contributed by atoms with Gasteiger partial charge in [0.25, 0.3) is 0 Å². The molecule has 2 aliphatic rings. The summed E-state index contributed by atoms with van der Waals surface area (Å²) in [6.45, 7) is 1.93. The second-order valence-electron chi connectivity index (χ2n) is 5.30. The van der Waals surface area contributed by atoms with Crippen LogP contribution < -0.4 is 5.32 Å². The van der Waals surface area contributed by atoms with E-state index in [9.17, 15) is 4.79 Å². The van der Waals surface area contributed by atoms with Gasteiger partial charge in [-0.3, -0.25) is 9.89 Å². The van der Waals surface area contributed by atoms with Gasteiger partial charge in [-0.2, -0.15) is 5.10 Å². The van der Waals surface area contributed by atoms with Gasteiger partial charge in [-0.25, -0.2) is 4.98 Å². The molecule has 0 radical (unpaired) electrons. The Balaban J connectivity index is 1.71. The number of Topliss-reactive ketones (excluding diaryl/α,β-unsaturated/α-hetero) is 1. The molecular weight excluding hydrogens is 216 g/mol. The molecule has 5 nitrogen and oxygen atoms in total. The zero-order valence-corrected chi connectivity index (χ0v) is 9.91. The van der Waals surface area contributed by atoms with Crippen LogP contribution in [0.1, 0.15) is 31.5 Å². The fraction of sp³-hybridized carbons (Fsp3) is 0.750. The van der Waals surface area contributed by atoms with E-state index in [0.717, 1.165) is 51.0 Å². The second kappa shape index (κ2) is 4.22. The van der Waals surface area contributed by atoms with Crippen LogP contribution in [-0.2, 0) is 11.2 Å². The van der Waals surface area contributed by atoms with Crippen LogP contribution in [0.5, 0.6) is 0 Å². The lowest BCUT2D eigenvalue weighted by atomic mass is 9.77. The molecule has 2 heterocycles. The summed E-state index contributed by atoms with van der Waals surface area (Å²) in [7, 11) is 0. The van der Waals surface area contributed by atoms with Gasteiger partial charge in [0.15, 0.2) is 0 Å². The number of H-pyrrole nitrogens is 1. The van der Waals surface area contributed by atoms with E-state index >= 15 is 0 Å². The third-order valence-electron chi connectivity index (χ3n) is 4.24. The molecule has 2 atom stereocenters. The van der Waals surface area contributed by atoms with Crippen LogP contribution in [0.3, 0.4) is 0 Å². The minimum Gasteiger partial charge on any atom is -0.316 e. The number of nitrogens with zero attached hydrogens (tertiary/aromatic N) is 2. The summed E-state index contributed by atoms with van der Waals surface area (Å²) in [6, 6.07) is 0. The van der Waals surface area contributed by atoms with Crippen molar-refractivity contribution in [2.75, 3.05) is 13.1 Å². The molecule has 1 saturated heterocycles. The van der Waals surface area contributed by atoms with Crippen LogP contribution >= 0.6 is 0 Å². The van der Waals surface area contributed by atoms with Crippen molar-refractivity contribution in [2.45, 2.75) is 32.1 Å². The molecule has 2 unspecified atom stereocenters. The quantitative estimate of drug-likeness (QED) is 0.790. The first kappa shape index (κ1) is 10.9. The average molecular weight is 234 g/mol. The molecule has 0 amide bonds. The largest absolute Gasteiger partial charge is 0.316 e. The maximum Gasteiger partial charge on any atom is 0.143 e. The number of aromatic amines is 1. The van der Waals surface area contributed by atoms with Crippen molar-refractivity contribution in [2.24, 2.45) is 11.3 Å². The average Bonchev–Trinajstić information content (AvgIpc) is 2.96. The number of hydrogen-bond donors (Lipinski definition) is 2. The highest BCUT2D eigenvalue weighted by molar-refractivity contribution is 5.89. The molecule has 92 valence electrons. The van der Waals surface area contributed by atoms with Crippen LogP contribution in [0.25, 0.3) is 0 Å². The minimum absolute atomic E-state index is 0.0665. The first-order valence-electron chi connectivity index (χ1n) is 6.39. The van der Waals surface area contributed by atoms with Gasteiger partial charge in [-0.05, 0) is 32.2 Å². The van der Waals surface area contributed by atoms with Crippen molar-refractivity contribution in [1.82, 2.24) is 20.5 Å². The van der Waals surface area contributed by atoms with Crippen molar-refractivity contribution in [3.63, 3.8) is 0 Å². The number of carbonyl (C=O) groups is 1. The highest BCUT2D eigenvalue weighted by Gasteiger charge is 2.47. The number of piperidine rings is 1. The Kier molecular flexibility index (Phi) is 2.70. The topological polar surface area (TPSA) is 70.7 Å². The molecule has 0 bridgehead atoms. The monoisotopic (exact) mass is 234 g/mol.